The van der Waals surface area contributed by atoms with Gasteiger partial charge in [-0.15, -0.1) is 11.3 Å². The quantitative estimate of drug-likeness (QED) is 0.829. The summed E-state index contributed by atoms with van der Waals surface area (Å²) in [7, 11) is -3.46. The second kappa shape index (κ2) is 6.53. The largest absolute Gasteiger partial charge is 0.326 e. The van der Waals surface area contributed by atoms with Crippen molar-refractivity contribution in [3.63, 3.8) is 0 Å². The summed E-state index contributed by atoms with van der Waals surface area (Å²) in [5, 5.41) is 1.85. The van der Waals surface area contributed by atoms with Crippen molar-refractivity contribution in [2.75, 3.05) is 19.6 Å². The van der Waals surface area contributed by atoms with E-state index in [0.717, 1.165) is 36.4 Å². The van der Waals surface area contributed by atoms with E-state index in [1.165, 1.54) is 11.3 Å². The molecule has 1 fully saturated rings. The van der Waals surface area contributed by atoms with E-state index < -0.39 is 10.0 Å². The summed E-state index contributed by atoms with van der Waals surface area (Å²) < 4.78 is 27.7. The number of likely N-dealkylation sites (N-methyl/N-ethyl adjacent to an activating group) is 1. The maximum atomic E-state index is 12.5. The van der Waals surface area contributed by atoms with Crippen molar-refractivity contribution in [3.8, 4) is 0 Å². The normalized spacial score (nSPS) is 20.6. The lowest BCUT2D eigenvalue weighted by atomic mass is 10.2. The first-order chi connectivity index (χ1) is 9.49. The SMILES string of the molecule is CCN1CCCC1CNS(=O)(=O)c1c(C)csc1CN. The van der Waals surface area contributed by atoms with Gasteiger partial charge in [0.15, 0.2) is 0 Å². The van der Waals surface area contributed by atoms with E-state index in [-0.39, 0.29) is 6.54 Å². The molecule has 0 aliphatic carbocycles. The van der Waals surface area contributed by atoms with Crippen molar-refractivity contribution in [1.82, 2.24) is 9.62 Å². The summed E-state index contributed by atoms with van der Waals surface area (Å²) in [4.78, 5) is 3.44. The molecule has 3 N–H and O–H groups in total. The van der Waals surface area contributed by atoms with Crippen LogP contribution in [0.3, 0.4) is 0 Å². The van der Waals surface area contributed by atoms with Gasteiger partial charge in [0.1, 0.15) is 4.90 Å². The second-order valence-corrected chi connectivity index (χ2v) is 7.82. The van der Waals surface area contributed by atoms with Crippen LogP contribution >= 0.6 is 11.3 Å². The third-order valence-electron chi connectivity index (χ3n) is 3.86. The van der Waals surface area contributed by atoms with Crippen molar-refractivity contribution in [2.45, 2.75) is 44.2 Å². The smallest absolute Gasteiger partial charge is 0.242 e. The number of hydrogen-bond acceptors (Lipinski definition) is 5. The molecule has 7 heteroatoms. The van der Waals surface area contributed by atoms with Crippen LogP contribution in [0.2, 0.25) is 0 Å². The Morgan fingerprint density at radius 2 is 2.30 bits per heavy atom. The fourth-order valence-corrected chi connectivity index (χ4v) is 5.58. The van der Waals surface area contributed by atoms with E-state index >= 15 is 0 Å². The van der Waals surface area contributed by atoms with Crippen LogP contribution in [0.15, 0.2) is 10.3 Å². The Balaban J connectivity index is 2.09. The van der Waals surface area contributed by atoms with Crippen LogP contribution < -0.4 is 10.5 Å². The summed E-state index contributed by atoms with van der Waals surface area (Å²) in [5.74, 6) is 0. The third-order valence-corrected chi connectivity index (χ3v) is 6.77. The number of likely N-dealkylation sites (tertiary alicyclic amines) is 1. The Kier molecular flexibility index (Phi) is 5.19. The molecule has 0 amide bonds. The number of rotatable bonds is 6. The molecule has 2 heterocycles. The first kappa shape index (κ1) is 15.9. The predicted octanol–water partition coefficient (Wildman–Crippen LogP) is 1.28. The molecule has 0 bridgehead atoms. The van der Waals surface area contributed by atoms with Gasteiger partial charge in [-0.2, -0.15) is 0 Å². The maximum Gasteiger partial charge on any atom is 0.242 e. The molecule has 1 atom stereocenters. The number of thiophene rings is 1. The van der Waals surface area contributed by atoms with Crippen molar-refractivity contribution in [3.05, 3.63) is 15.8 Å². The number of nitrogens with zero attached hydrogens (tertiary/aromatic N) is 1. The van der Waals surface area contributed by atoms with E-state index in [1.54, 1.807) is 0 Å². The van der Waals surface area contributed by atoms with Gasteiger partial charge in [-0.05, 0) is 43.8 Å². The molecule has 1 aromatic rings. The molecule has 2 rings (SSSR count). The number of nitrogens with two attached hydrogens (primary N) is 1. The van der Waals surface area contributed by atoms with Gasteiger partial charge in [-0.1, -0.05) is 6.92 Å². The highest BCUT2D eigenvalue weighted by atomic mass is 32.2. The highest BCUT2D eigenvalue weighted by Gasteiger charge is 2.27. The van der Waals surface area contributed by atoms with Crippen LogP contribution in [0.4, 0.5) is 0 Å². The van der Waals surface area contributed by atoms with Gasteiger partial charge in [0.25, 0.3) is 0 Å². The molecule has 20 heavy (non-hydrogen) atoms. The van der Waals surface area contributed by atoms with Crippen molar-refractivity contribution in [1.29, 1.82) is 0 Å². The fourth-order valence-electron chi connectivity index (χ4n) is 2.81. The van der Waals surface area contributed by atoms with Crippen LogP contribution in [0.1, 0.15) is 30.2 Å². The van der Waals surface area contributed by atoms with Gasteiger partial charge in [0.05, 0.1) is 0 Å². The van der Waals surface area contributed by atoms with Gasteiger partial charge in [-0.25, -0.2) is 13.1 Å². The Labute approximate surface area is 125 Å². The Morgan fingerprint density at radius 3 is 2.95 bits per heavy atom. The molecule has 0 spiro atoms. The average molecular weight is 317 g/mol. The molecule has 0 radical (unpaired) electrons. The van der Waals surface area contributed by atoms with Crippen LogP contribution in [0, 0.1) is 6.92 Å². The molecule has 5 nitrogen and oxygen atoms in total. The zero-order chi connectivity index (χ0) is 14.8. The van der Waals surface area contributed by atoms with E-state index in [0.29, 0.717) is 17.5 Å². The zero-order valence-electron chi connectivity index (χ0n) is 12.1. The Morgan fingerprint density at radius 1 is 1.55 bits per heavy atom. The summed E-state index contributed by atoms with van der Waals surface area (Å²) in [5.41, 5.74) is 6.41. The zero-order valence-corrected chi connectivity index (χ0v) is 13.7. The molecular weight excluding hydrogens is 294 g/mol. The fraction of sp³-hybridized carbons (Fsp3) is 0.692. The van der Waals surface area contributed by atoms with Crippen molar-refractivity contribution < 1.29 is 8.42 Å². The Bertz CT molecular complexity index is 554. The molecule has 1 aromatic heterocycles. The highest BCUT2D eigenvalue weighted by molar-refractivity contribution is 7.89. The van der Waals surface area contributed by atoms with E-state index in [2.05, 4.69) is 16.5 Å². The maximum absolute atomic E-state index is 12.5. The summed E-state index contributed by atoms with van der Waals surface area (Å²) in [6.07, 6.45) is 2.20. The molecule has 1 unspecified atom stereocenters. The molecule has 1 aliphatic rings. The second-order valence-electron chi connectivity index (χ2n) is 5.15. The van der Waals surface area contributed by atoms with Gasteiger partial charge in [0, 0.05) is 24.0 Å². The number of aryl methyl sites for hydroxylation is 1. The van der Waals surface area contributed by atoms with Gasteiger partial charge in [0.2, 0.25) is 10.0 Å². The molecule has 114 valence electrons. The van der Waals surface area contributed by atoms with Crippen molar-refractivity contribution in [2.24, 2.45) is 5.73 Å². The molecule has 1 aliphatic heterocycles. The van der Waals surface area contributed by atoms with Gasteiger partial charge < -0.3 is 5.73 Å². The molecule has 0 aromatic carbocycles. The lowest BCUT2D eigenvalue weighted by Crippen LogP contribution is -2.40. The predicted molar refractivity (Wildman–Crippen MR) is 82.4 cm³/mol. The lowest BCUT2D eigenvalue weighted by molar-refractivity contribution is 0.268. The third kappa shape index (κ3) is 3.23. The minimum Gasteiger partial charge on any atom is -0.326 e. The number of sulfonamides is 1. The number of nitrogens with one attached hydrogen (secondary N) is 1. The topological polar surface area (TPSA) is 75.4 Å². The van der Waals surface area contributed by atoms with Gasteiger partial charge >= 0.3 is 0 Å². The monoisotopic (exact) mass is 317 g/mol. The van der Waals surface area contributed by atoms with E-state index in [9.17, 15) is 8.42 Å². The van der Waals surface area contributed by atoms with E-state index in [1.807, 2.05) is 12.3 Å². The summed E-state index contributed by atoms with van der Waals surface area (Å²) >= 11 is 1.41. The van der Waals surface area contributed by atoms with Gasteiger partial charge in [-0.3, -0.25) is 4.90 Å². The summed E-state index contributed by atoms with van der Waals surface area (Å²) in [6, 6.07) is 0.315. The Hall–Kier alpha value is -0.470. The standard InChI is InChI=1S/C13H23N3O2S2/c1-3-16-6-4-5-11(16)8-15-20(17,18)13-10(2)9-19-12(13)7-14/h9,11,15H,3-8,14H2,1-2H3. The first-order valence-electron chi connectivity index (χ1n) is 7.00. The first-order valence-corrected chi connectivity index (χ1v) is 9.36. The van der Waals surface area contributed by atoms with Crippen molar-refractivity contribution >= 4 is 21.4 Å². The van der Waals surface area contributed by atoms with Crippen LogP contribution in [0.25, 0.3) is 0 Å². The lowest BCUT2D eigenvalue weighted by Gasteiger charge is -2.23. The van der Waals surface area contributed by atoms with Crippen LogP contribution in [-0.2, 0) is 16.6 Å². The van der Waals surface area contributed by atoms with Crippen LogP contribution in [0.5, 0.6) is 0 Å². The van der Waals surface area contributed by atoms with E-state index in [4.69, 9.17) is 5.73 Å². The summed E-state index contributed by atoms with van der Waals surface area (Å²) in [6.45, 7) is 6.71. The number of hydrogen-bond donors (Lipinski definition) is 2. The molecule has 1 saturated heterocycles. The average Bonchev–Trinajstić information content (AvgIpc) is 3.02. The molecule has 0 saturated carbocycles. The highest BCUT2D eigenvalue weighted by Crippen LogP contribution is 2.26. The molecular formula is C13H23N3O2S2. The minimum atomic E-state index is -3.46. The minimum absolute atomic E-state index is 0.263. The van der Waals surface area contributed by atoms with Crippen LogP contribution in [-0.4, -0.2) is 39.0 Å².